The maximum absolute atomic E-state index is 11.7. The topological polar surface area (TPSA) is 84.3 Å². The molecule has 1 fully saturated rings. The van der Waals surface area contributed by atoms with Gasteiger partial charge in [-0.05, 0) is 59.9 Å². The van der Waals surface area contributed by atoms with Crippen molar-refractivity contribution in [3.8, 4) is 0 Å². The van der Waals surface area contributed by atoms with Gasteiger partial charge in [-0.25, -0.2) is 0 Å². The lowest BCUT2D eigenvalue weighted by Gasteiger charge is -2.39. The highest BCUT2D eigenvalue weighted by Crippen LogP contribution is 2.59. The van der Waals surface area contributed by atoms with Crippen molar-refractivity contribution in [2.45, 2.75) is 40.8 Å². The summed E-state index contributed by atoms with van der Waals surface area (Å²) in [5, 5.41) is 18.9. The minimum atomic E-state index is -0.361. The van der Waals surface area contributed by atoms with Crippen molar-refractivity contribution in [3.63, 3.8) is 0 Å². The summed E-state index contributed by atoms with van der Waals surface area (Å²) in [7, 11) is 0. The zero-order valence-electron chi connectivity index (χ0n) is 19.1. The number of alkyl halides is 1. The average molecular weight is 563 g/mol. The van der Waals surface area contributed by atoms with Crippen molar-refractivity contribution in [3.05, 3.63) is 92.0 Å². The number of hydrogen-bond acceptors (Lipinski definition) is 5. The van der Waals surface area contributed by atoms with Gasteiger partial charge in [0.2, 0.25) is 5.91 Å². The molecule has 1 amide bonds. The number of rotatable bonds is 5. The summed E-state index contributed by atoms with van der Waals surface area (Å²) in [5.74, 6) is -0.153. The summed E-state index contributed by atoms with van der Waals surface area (Å²) in [4.78, 5) is 23.5. The number of fused-ring (bicyclic) bond motifs is 3. The number of carbonyl (C=O) groups is 1. The van der Waals surface area contributed by atoms with Gasteiger partial charge in [0.25, 0.3) is 5.69 Å². The van der Waals surface area contributed by atoms with E-state index in [4.69, 9.17) is 34.8 Å². The average Bonchev–Trinajstić information content (AvgIpc) is 3.15. The third-order valence-corrected chi connectivity index (χ3v) is 9.45. The van der Waals surface area contributed by atoms with Gasteiger partial charge in [-0.2, -0.15) is 0 Å². The molecule has 0 saturated heterocycles. The number of benzene rings is 3. The number of anilines is 2. The van der Waals surface area contributed by atoms with Gasteiger partial charge in [0, 0.05) is 45.6 Å². The molecule has 0 aromatic heterocycles. The molecule has 2 aliphatic rings. The second-order valence-corrected chi connectivity index (χ2v) is 11.7. The van der Waals surface area contributed by atoms with Crippen molar-refractivity contribution in [2.24, 2.45) is 5.92 Å². The summed E-state index contributed by atoms with van der Waals surface area (Å²) in [6.45, 7) is 1.47. The van der Waals surface area contributed by atoms with E-state index in [9.17, 15) is 14.9 Å². The molecule has 3 aromatic rings. The summed E-state index contributed by atoms with van der Waals surface area (Å²) < 4.78 is 0. The number of nitro groups is 1. The Morgan fingerprint density at radius 1 is 1.11 bits per heavy atom. The number of carbonyl (C=O) groups excluding carboxylic acids is 1. The third kappa shape index (κ3) is 4.77. The fraction of sp³-hybridized carbons (Fsp3) is 0.269. The van der Waals surface area contributed by atoms with Crippen molar-refractivity contribution in [2.75, 3.05) is 10.6 Å². The molecule has 1 aliphatic heterocycles. The molecule has 0 radical (unpaired) electrons. The fourth-order valence-electron chi connectivity index (χ4n) is 5.33. The number of amides is 1. The van der Waals surface area contributed by atoms with Gasteiger partial charge in [-0.1, -0.05) is 41.4 Å². The molecule has 1 aliphatic carbocycles. The van der Waals surface area contributed by atoms with E-state index in [1.54, 1.807) is 24.3 Å². The molecule has 10 heteroatoms. The molecule has 5 unspecified atom stereocenters. The molecule has 0 spiro atoms. The zero-order valence-corrected chi connectivity index (χ0v) is 22.2. The minimum absolute atomic E-state index is 0.0614. The van der Waals surface area contributed by atoms with Crippen LogP contribution in [0, 0.1) is 16.0 Å². The van der Waals surface area contributed by atoms with Crippen LogP contribution in [-0.4, -0.2) is 21.5 Å². The lowest BCUT2D eigenvalue weighted by Crippen LogP contribution is -2.31. The number of para-hydroxylation sites is 1. The fourth-order valence-corrected chi connectivity index (χ4v) is 7.80. The number of nitrogens with one attached hydrogen (secondary N) is 2. The quantitative estimate of drug-likeness (QED) is 0.188. The Bertz CT molecular complexity index is 1360. The molecular formula is C26H22Cl3N3O3S. The van der Waals surface area contributed by atoms with Crippen LogP contribution in [0.15, 0.2) is 65.6 Å². The molecule has 2 N–H and O–H groups in total. The van der Waals surface area contributed by atoms with Crippen LogP contribution in [0.5, 0.6) is 0 Å². The highest BCUT2D eigenvalue weighted by atomic mass is 35.5. The first kappa shape index (κ1) is 25.2. The van der Waals surface area contributed by atoms with Gasteiger partial charge in [-0.15, -0.1) is 23.4 Å². The number of nitro benzene ring substituents is 1. The van der Waals surface area contributed by atoms with Crippen molar-refractivity contribution in [1.82, 2.24) is 0 Å². The smallest absolute Gasteiger partial charge is 0.282 e. The molecule has 0 bridgehead atoms. The van der Waals surface area contributed by atoms with E-state index < -0.39 is 0 Å². The molecular weight excluding hydrogens is 541 g/mol. The largest absolute Gasteiger partial charge is 0.378 e. The molecule has 36 heavy (non-hydrogen) atoms. The standard InChI is InChI=1S/C26H22Cl3N3O3S/c1-13(33)30-15-7-9-20-17(11-15)24-18(26(31-20)16-8-6-14(27)10-19(16)28)12-23(25(24)29)36-22-5-3-2-4-21(22)32(34)35/h2-11,18,23-26,31H,12H2,1H3,(H,30,33). The molecule has 6 nitrogen and oxygen atoms in total. The molecule has 1 saturated carbocycles. The Kier molecular flexibility index (Phi) is 7.10. The maximum Gasteiger partial charge on any atom is 0.282 e. The van der Waals surface area contributed by atoms with Gasteiger partial charge in [0.15, 0.2) is 0 Å². The van der Waals surface area contributed by atoms with E-state index in [0.29, 0.717) is 20.6 Å². The van der Waals surface area contributed by atoms with Crippen LogP contribution in [0.1, 0.15) is 36.4 Å². The Morgan fingerprint density at radius 3 is 2.61 bits per heavy atom. The summed E-state index contributed by atoms with van der Waals surface area (Å²) in [6.07, 6.45) is 0.718. The summed E-state index contributed by atoms with van der Waals surface area (Å²) in [6, 6.07) is 17.9. The van der Waals surface area contributed by atoms with Gasteiger partial charge in [-0.3, -0.25) is 14.9 Å². The van der Waals surface area contributed by atoms with Crippen molar-refractivity contribution < 1.29 is 9.72 Å². The highest BCUT2D eigenvalue weighted by Gasteiger charge is 2.50. The number of hydrogen-bond donors (Lipinski definition) is 2. The first-order chi connectivity index (χ1) is 17.2. The van der Waals surface area contributed by atoms with Crippen LogP contribution in [0.25, 0.3) is 0 Å². The predicted molar refractivity (Wildman–Crippen MR) is 147 cm³/mol. The van der Waals surface area contributed by atoms with E-state index in [1.165, 1.54) is 24.8 Å². The second-order valence-electron chi connectivity index (χ2n) is 9.02. The van der Waals surface area contributed by atoms with Crippen LogP contribution < -0.4 is 10.6 Å². The Hall–Kier alpha value is -2.45. The van der Waals surface area contributed by atoms with E-state index in [2.05, 4.69) is 10.6 Å². The zero-order chi connectivity index (χ0) is 25.6. The second kappa shape index (κ2) is 10.1. The molecule has 186 valence electrons. The first-order valence-electron chi connectivity index (χ1n) is 11.4. The number of halogens is 3. The predicted octanol–water partition coefficient (Wildman–Crippen LogP) is 7.90. The lowest BCUT2D eigenvalue weighted by molar-refractivity contribution is -0.387. The van der Waals surface area contributed by atoms with Crippen molar-refractivity contribution in [1.29, 1.82) is 0 Å². The Balaban J connectivity index is 1.56. The minimum Gasteiger partial charge on any atom is -0.378 e. The van der Waals surface area contributed by atoms with Crippen molar-refractivity contribution >= 4 is 69.5 Å². The highest BCUT2D eigenvalue weighted by molar-refractivity contribution is 8.00. The van der Waals surface area contributed by atoms with Crippen LogP contribution in [0.4, 0.5) is 17.1 Å². The number of thioether (sulfide) groups is 1. The van der Waals surface area contributed by atoms with Gasteiger partial charge >= 0.3 is 0 Å². The van der Waals surface area contributed by atoms with E-state index in [1.807, 2.05) is 30.3 Å². The molecule has 5 atom stereocenters. The van der Waals surface area contributed by atoms with E-state index in [-0.39, 0.29) is 45.0 Å². The van der Waals surface area contributed by atoms with E-state index in [0.717, 1.165) is 23.2 Å². The van der Waals surface area contributed by atoms with Crippen LogP contribution >= 0.6 is 46.6 Å². The van der Waals surface area contributed by atoms with Gasteiger partial charge in [0.05, 0.1) is 21.2 Å². The Morgan fingerprint density at radius 2 is 1.89 bits per heavy atom. The van der Waals surface area contributed by atoms with E-state index >= 15 is 0 Å². The first-order valence-corrected chi connectivity index (χ1v) is 13.5. The number of nitrogens with zero attached hydrogens (tertiary/aromatic N) is 1. The third-order valence-electron chi connectivity index (χ3n) is 6.77. The molecule has 3 aromatic carbocycles. The normalized spacial score (nSPS) is 24.4. The van der Waals surface area contributed by atoms with Crippen LogP contribution in [0.2, 0.25) is 10.0 Å². The maximum atomic E-state index is 11.7. The summed E-state index contributed by atoms with van der Waals surface area (Å²) in [5.41, 5.74) is 3.63. The van der Waals surface area contributed by atoms with Crippen LogP contribution in [-0.2, 0) is 4.79 Å². The van der Waals surface area contributed by atoms with Crippen LogP contribution in [0.3, 0.4) is 0 Å². The SMILES string of the molecule is CC(=O)Nc1ccc2c(c1)C1C(Cl)C(Sc3ccccc3[N+](=O)[O-])CC1C(c1ccc(Cl)cc1Cl)N2. The lowest BCUT2D eigenvalue weighted by atomic mass is 9.77. The summed E-state index contributed by atoms with van der Waals surface area (Å²) >= 11 is 21.4. The molecule has 1 heterocycles. The Labute approximate surface area is 227 Å². The van der Waals surface area contributed by atoms with Gasteiger partial charge < -0.3 is 10.6 Å². The molecule has 5 rings (SSSR count). The van der Waals surface area contributed by atoms with Gasteiger partial charge in [0.1, 0.15) is 0 Å². The monoisotopic (exact) mass is 561 g/mol.